The first kappa shape index (κ1) is 25.0. The molecule has 0 spiro atoms. The monoisotopic (exact) mass is 509 g/mol. The molecule has 0 saturated carbocycles. The fourth-order valence-corrected chi connectivity index (χ4v) is 4.41. The van der Waals surface area contributed by atoms with E-state index >= 15 is 0 Å². The normalized spacial score (nSPS) is 11.8. The Bertz CT molecular complexity index is 1130. The van der Waals surface area contributed by atoms with Crippen LogP contribution in [0.15, 0.2) is 28.7 Å². The summed E-state index contributed by atoms with van der Waals surface area (Å²) in [5.74, 6) is 0.867. The number of amides is 1. The number of benzene rings is 1. The molecule has 176 valence electrons. The summed E-state index contributed by atoms with van der Waals surface area (Å²) in [6.07, 6.45) is -0.272. The molecular weight excluding hydrogens is 486 g/mol. The first-order valence-electron chi connectivity index (χ1n) is 10.1. The maximum atomic E-state index is 12.3. The molecule has 1 amide bonds. The summed E-state index contributed by atoms with van der Waals surface area (Å²) in [6, 6.07) is 5.46. The van der Waals surface area contributed by atoms with E-state index in [4.69, 9.17) is 21.1 Å². The maximum absolute atomic E-state index is 12.3. The molecule has 0 fully saturated rings. The van der Waals surface area contributed by atoms with Gasteiger partial charge in [-0.3, -0.25) is 9.59 Å². The van der Waals surface area contributed by atoms with E-state index in [0.29, 0.717) is 39.2 Å². The highest BCUT2D eigenvalue weighted by Gasteiger charge is 2.19. The summed E-state index contributed by atoms with van der Waals surface area (Å²) in [5, 5.41) is 14.5. The Hall–Kier alpha value is -2.63. The lowest BCUT2D eigenvalue weighted by Crippen LogP contribution is -2.15. The van der Waals surface area contributed by atoms with Gasteiger partial charge < -0.3 is 19.4 Å². The van der Waals surface area contributed by atoms with Crippen molar-refractivity contribution in [3.05, 3.63) is 45.7 Å². The molecule has 0 aliphatic rings. The van der Waals surface area contributed by atoms with Crippen molar-refractivity contribution in [2.75, 3.05) is 17.7 Å². The average Bonchev–Trinajstić information content (AvgIpc) is 3.35. The van der Waals surface area contributed by atoms with Crippen molar-refractivity contribution in [2.45, 2.75) is 38.5 Å². The van der Waals surface area contributed by atoms with Gasteiger partial charge in [-0.05, 0) is 44.5 Å². The van der Waals surface area contributed by atoms with Gasteiger partial charge in [0.25, 0.3) is 0 Å². The van der Waals surface area contributed by atoms with E-state index in [9.17, 15) is 9.59 Å². The van der Waals surface area contributed by atoms with Crippen LogP contribution < -0.4 is 10.1 Å². The van der Waals surface area contributed by atoms with Crippen molar-refractivity contribution in [1.29, 1.82) is 0 Å². The van der Waals surface area contributed by atoms with Crippen LogP contribution in [0.1, 0.15) is 37.0 Å². The van der Waals surface area contributed by atoms with Crippen molar-refractivity contribution in [3.8, 4) is 5.75 Å². The second-order valence-electron chi connectivity index (χ2n) is 7.03. The largest absolute Gasteiger partial charge is 0.483 e. The van der Waals surface area contributed by atoms with Gasteiger partial charge in [-0.25, -0.2) is 4.98 Å². The zero-order valence-electron chi connectivity index (χ0n) is 18.6. The molecule has 1 N–H and O–H groups in total. The minimum absolute atomic E-state index is 0.0759. The van der Waals surface area contributed by atoms with Gasteiger partial charge in [0.1, 0.15) is 5.75 Å². The lowest BCUT2D eigenvalue weighted by molar-refractivity contribution is -0.142. The number of esters is 1. The van der Waals surface area contributed by atoms with E-state index in [1.54, 1.807) is 29.0 Å². The number of aromatic nitrogens is 4. The number of ether oxygens (including phenoxy) is 2. The molecule has 9 nitrogen and oxygen atoms in total. The summed E-state index contributed by atoms with van der Waals surface area (Å²) in [4.78, 5) is 28.1. The van der Waals surface area contributed by atoms with Crippen LogP contribution in [0.3, 0.4) is 0 Å². The van der Waals surface area contributed by atoms with Gasteiger partial charge in [0.05, 0.1) is 24.5 Å². The number of nitrogens with one attached hydrogen (secondary N) is 1. The Morgan fingerprint density at radius 2 is 2.12 bits per heavy atom. The SMILES string of the molecule is CCOC(=O)Cc1csc(NC(=O)CSc2nnc(C(C)Oc3ccc(Cl)c(C)c3)n2C)n1. The third kappa shape index (κ3) is 6.92. The van der Waals surface area contributed by atoms with Crippen LogP contribution in [0.2, 0.25) is 5.02 Å². The Labute approximate surface area is 204 Å². The van der Waals surface area contributed by atoms with E-state index in [-0.39, 0.29) is 30.2 Å². The van der Waals surface area contributed by atoms with Gasteiger partial charge in [0.2, 0.25) is 5.91 Å². The first-order valence-corrected chi connectivity index (χ1v) is 12.4. The minimum atomic E-state index is -0.348. The Kier molecular flexibility index (Phi) is 8.70. The Morgan fingerprint density at radius 1 is 1.33 bits per heavy atom. The van der Waals surface area contributed by atoms with Gasteiger partial charge >= 0.3 is 5.97 Å². The Balaban J connectivity index is 1.52. The fraction of sp³-hybridized carbons (Fsp3) is 0.381. The molecular formula is C21H24ClN5O4S2. The lowest BCUT2D eigenvalue weighted by atomic mass is 10.2. The van der Waals surface area contributed by atoms with Gasteiger partial charge in [0, 0.05) is 17.5 Å². The van der Waals surface area contributed by atoms with Crippen LogP contribution in [0.5, 0.6) is 5.75 Å². The number of aryl methyl sites for hydroxylation is 1. The van der Waals surface area contributed by atoms with Crippen molar-refractivity contribution >= 4 is 51.7 Å². The maximum Gasteiger partial charge on any atom is 0.311 e. The van der Waals surface area contributed by atoms with Gasteiger partial charge in [-0.2, -0.15) is 0 Å². The van der Waals surface area contributed by atoms with Crippen LogP contribution in [0.25, 0.3) is 0 Å². The zero-order valence-corrected chi connectivity index (χ0v) is 21.0. The summed E-state index contributed by atoms with van der Waals surface area (Å²) in [6.45, 7) is 5.86. The van der Waals surface area contributed by atoms with Crippen LogP contribution in [-0.4, -0.2) is 44.0 Å². The van der Waals surface area contributed by atoms with Gasteiger partial charge in [-0.15, -0.1) is 21.5 Å². The molecule has 1 aromatic carbocycles. The quantitative estimate of drug-likeness (QED) is 0.320. The second-order valence-corrected chi connectivity index (χ2v) is 9.24. The number of thiazole rings is 1. The number of anilines is 1. The number of rotatable bonds is 10. The van der Waals surface area contributed by atoms with Crippen LogP contribution in [0, 0.1) is 6.92 Å². The smallest absolute Gasteiger partial charge is 0.311 e. The van der Waals surface area contributed by atoms with E-state index in [2.05, 4.69) is 20.5 Å². The fourth-order valence-electron chi connectivity index (χ4n) is 2.84. The summed E-state index contributed by atoms with van der Waals surface area (Å²) in [5.41, 5.74) is 1.49. The van der Waals surface area contributed by atoms with Crippen LogP contribution in [0.4, 0.5) is 5.13 Å². The molecule has 1 atom stereocenters. The number of halogens is 1. The third-order valence-electron chi connectivity index (χ3n) is 4.44. The number of hydrogen-bond acceptors (Lipinski definition) is 9. The topological polar surface area (TPSA) is 108 Å². The molecule has 0 aliphatic heterocycles. The van der Waals surface area contributed by atoms with Crippen molar-refractivity contribution in [2.24, 2.45) is 7.05 Å². The Morgan fingerprint density at radius 3 is 2.85 bits per heavy atom. The molecule has 0 saturated heterocycles. The highest BCUT2D eigenvalue weighted by molar-refractivity contribution is 7.99. The number of thioether (sulfide) groups is 1. The molecule has 2 heterocycles. The molecule has 33 heavy (non-hydrogen) atoms. The predicted molar refractivity (Wildman–Crippen MR) is 128 cm³/mol. The molecule has 3 aromatic rings. The number of nitrogens with zero attached hydrogens (tertiary/aromatic N) is 4. The molecule has 0 radical (unpaired) electrons. The van der Waals surface area contributed by atoms with E-state index < -0.39 is 0 Å². The molecule has 1 unspecified atom stereocenters. The van der Waals surface area contributed by atoms with Crippen LogP contribution in [-0.2, 0) is 27.8 Å². The van der Waals surface area contributed by atoms with Crippen LogP contribution >= 0.6 is 34.7 Å². The number of hydrogen-bond donors (Lipinski definition) is 1. The van der Waals surface area contributed by atoms with E-state index in [1.807, 2.05) is 27.0 Å². The summed E-state index contributed by atoms with van der Waals surface area (Å²) < 4.78 is 12.7. The highest BCUT2D eigenvalue weighted by Crippen LogP contribution is 2.27. The van der Waals surface area contributed by atoms with Gasteiger partial charge in [0.15, 0.2) is 22.2 Å². The molecule has 2 aromatic heterocycles. The van der Waals surface area contributed by atoms with E-state index in [1.165, 1.54) is 23.1 Å². The van der Waals surface area contributed by atoms with E-state index in [0.717, 1.165) is 5.56 Å². The molecule has 3 rings (SSSR count). The summed E-state index contributed by atoms with van der Waals surface area (Å²) in [7, 11) is 1.82. The lowest BCUT2D eigenvalue weighted by Gasteiger charge is -2.15. The molecule has 12 heteroatoms. The third-order valence-corrected chi connectivity index (χ3v) is 6.69. The zero-order chi connectivity index (χ0) is 24.0. The predicted octanol–water partition coefficient (Wildman–Crippen LogP) is 4.21. The first-order chi connectivity index (χ1) is 15.8. The van der Waals surface area contributed by atoms with Crippen molar-refractivity contribution in [1.82, 2.24) is 19.7 Å². The second kappa shape index (κ2) is 11.5. The molecule has 0 aliphatic carbocycles. The minimum Gasteiger partial charge on any atom is -0.483 e. The summed E-state index contributed by atoms with van der Waals surface area (Å²) >= 11 is 8.58. The number of carbonyl (C=O) groups is 2. The average molecular weight is 510 g/mol. The standard InChI is InChI=1S/C21H24ClN5O4S2/c1-5-30-18(29)9-14-10-32-20(23-14)24-17(28)11-33-21-26-25-19(27(21)4)13(3)31-15-6-7-16(22)12(2)8-15/h6-8,10,13H,5,9,11H2,1-4H3,(H,23,24,28). The van der Waals surface area contributed by atoms with Gasteiger partial charge in [-0.1, -0.05) is 23.4 Å². The molecule has 0 bridgehead atoms. The van der Waals surface area contributed by atoms with Crippen molar-refractivity contribution < 1.29 is 19.1 Å². The number of carbonyl (C=O) groups excluding carboxylic acids is 2. The van der Waals surface area contributed by atoms with Crippen molar-refractivity contribution in [3.63, 3.8) is 0 Å². The highest BCUT2D eigenvalue weighted by atomic mass is 35.5.